The summed E-state index contributed by atoms with van der Waals surface area (Å²) in [6.07, 6.45) is 3.76. The number of hydrogen-bond donors (Lipinski definition) is 5. The van der Waals surface area contributed by atoms with Crippen LogP contribution in [0.4, 0.5) is 10.5 Å². The number of nitrogens with zero attached hydrogens (tertiary/aromatic N) is 4. The molecule has 27 heteroatoms. The van der Waals surface area contributed by atoms with Gasteiger partial charge in [0.15, 0.2) is 11.5 Å². The summed E-state index contributed by atoms with van der Waals surface area (Å²) >= 11 is 8.04. The molecule has 9 amide bonds. The van der Waals surface area contributed by atoms with Gasteiger partial charge in [0.2, 0.25) is 47.3 Å². The Morgan fingerprint density at radius 2 is 1.60 bits per heavy atom. The van der Waals surface area contributed by atoms with Crippen LogP contribution in [0, 0.1) is 17.8 Å². The number of likely N-dealkylation sites (tertiary alicyclic amines) is 1. The van der Waals surface area contributed by atoms with Crippen LogP contribution in [-0.4, -0.2) is 219 Å². The van der Waals surface area contributed by atoms with Crippen molar-refractivity contribution >= 4 is 88.2 Å². The summed E-state index contributed by atoms with van der Waals surface area (Å²) in [4.78, 5) is 137. The Morgan fingerprint density at radius 1 is 0.943 bits per heavy atom. The molecule has 5 aliphatic rings. The van der Waals surface area contributed by atoms with Gasteiger partial charge in [0.1, 0.15) is 28.6 Å². The fourth-order valence-corrected chi connectivity index (χ4v) is 13.2. The van der Waals surface area contributed by atoms with Gasteiger partial charge in [0.05, 0.1) is 69.1 Å². The zero-order chi connectivity index (χ0) is 64.8. The number of amides is 9. The third-order valence-corrected chi connectivity index (χ3v) is 18.3. The minimum atomic E-state index is -1.89. The van der Waals surface area contributed by atoms with E-state index in [9.17, 15) is 53.1 Å². The zero-order valence-electron chi connectivity index (χ0n) is 51.6. The van der Waals surface area contributed by atoms with Gasteiger partial charge in [-0.3, -0.25) is 53.4 Å². The number of thioether (sulfide) groups is 1. The summed E-state index contributed by atoms with van der Waals surface area (Å²) in [5.41, 5.74) is -0.962. The summed E-state index contributed by atoms with van der Waals surface area (Å²) in [5, 5.41) is 21.8. The van der Waals surface area contributed by atoms with Crippen molar-refractivity contribution in [3.8, 4) is 5.75 Å². The van der Waals surface area contributed by atoms with Crippen molar-refractivity contribution < 1.29 is 81.5 Å². The second-order valence-corrected chi connectivity index (χ2v) is 25.5. The number of allylic oxidation sites excluding steroid dienone is 3. The molecule has 1 aromatic carbocycles. The van der Waals surface area contributed by atoms with Crippen LogP contribution in [0.1, 0.15) is 78.7 Å². The maximum absolute atomic E-state index is 14.8. The number of ketones is 1. The van der Waals surface area contributed by atoms with E-state index >= 15 is 0 Å². The van der Waals surface area contributed by atoms with Gasteiger partial charge in [-0.05, 0) is 50.1 Å². The summed E-state index contributed by atoms with van der Waals surface area (Å²) < 4.78 is 33.9. The third kappa shape index (κ3) is 17.8. The molecule has 10 atom stereocenters. The number of epoxide rings is 1. The Bertz CT molecular complexity index is 2860. The normalized spacial score (nSPS) is 26.4. The number of halogens is 1. The number of rotatable bonds is 29. The largest absolute Gasteiger partial charge is 0.495 e. The number of likely N-dealkylation sites (N-methyl/N-ethyl adjacent to an activating group) is 1. The van der Waals surface area contributed by atoms with Crippen molar-refractivity contribution in [2.75, 3.05) is 98.9 Å². The predicted octanol–water partition coefficient (Wildman–Crippen LogP) is 2.79. The van der Waals surface area contributed by atoms with Crippen LogP contribution < -0.4 is 30.9 Å². The molecule has 3 saturated heterocycles. The molecule has 4 fully saturated rings. The molecule has 0 aromatic heterocycles. The number of carbonyl (C=O) groups excluding carboxylic acids is 10. The van der Waals surface area contributed by atoms with Crippen LogP contribution in [0.5, 0.6) is 5.75 Å². The van der Waals surface area contributed by atoms with Gasteiger partial charge < -0.3 is 64.2 Å². The fraction of sp³-hybridized carbons (Fsp3) is 0.607. The molecule has 0 radical (unpaired) electrons. The number of alkyl carbamates (subject to hydrolysis) is 1. The van der Waals surface area contributed by atoms with Crippen molar-refractivity contribution in [1.29, 1.82) is 0 Å². The topological polar surface area (TPSA) is 311 Å². The molecule has 4 bridgehead atoms. The van der Waals surface area contributed by atoms with Gasteiger partial charge >= 0.3 is 6.09 Å². The summed E-state index contributed by atoms with van der Waals surface area (Å²) in [7, 11) is 6.00. The lowest BCUT2D eigenvalue weighted by molar-refractivity contribution is -0.142. The monoisotopic (exact) mass is 1270 g/mol. The minimum absolute atomic E-state index is 0.00518. The highest BCUT2D eigenvalue weighted by molar-refractivity contribution is 8.02. The summed E-state index contributed by atoms with van der Waals surface area (Å²) in [6, 6.07) is 2.58. The van der Waals surface area contributed by atoms with E-state index in [0.29, 0.717) is 17.9 Å². The van der Waals surface area contributed by atoms with Gasteiger partial charge in [0, 0.05) is 109 Å². The molecule has 25 nitrogen and oxygen atoms in total. The summed E-state index contributed by atoms with van der Waals surface area (Å²) in [5.74, 6) is -5.18. The Morgan fingerprint density at radius 3 is 2.24 bits per heavy atom. The van der Waals surface area contributed by atoms with Crippen molar-refractivity contribution in [1.82, 2.24) is 36.0 Å². The van der Waals surface area contributed by atoms with E-state index in [0.717, 1.165) is 28.2 Å². The molecule has 5 N–H and O–H groups in total. The zero-order valence-corrected chi connectivity index (χ0v) is 53.2. The van der Waals surface area contributed by atoms with Crippen LogP contribution in [-0.2, 0) is 73.3 Å². The number of Topliss-reactive ketones (excluding diaryl/α,β-unsaturated/α-hetero) is 1. The van der Waals surface area contributed by atoms with Gasteiger partial charge in [-0.15, -0.1) is 11.8 Å². The van der Waals surface area contributed by atoms with E-state index in [4.69, 9.17) is 40.0 Å². The first-order valence-corrected chi connectivity index (χ1v) is 30.6. The van der Waals surface area contributed by atoms with Crippen molar-refractivity contribution in [2.24, 2.45) is 17.8 Å². The lowest BCUT2D eigenvalue weighted by atomic mass is 9.87. The van der Waals surface area contributed by atoms with E-state index in [1.165, 1.54) is 47.7 Å². The smallest absolute Gasteiger partial charge is 0.409 e. The predicted molar refractivity (Wildman–Crippen MR) is 326 cm³/mol. The summed E-state index contributed by atoms with van der Waals surface area (Å²) in [6.45, 7) is 16.9. The average Bonchev–Trinajstić information content (AvgIpc) is 1.48. The SMILES string of the molecule is C=CC(=O)NCCN(CCNC(=O)C=C)C(=O)CCC(=O)NCCOCCOCCN1C(=O)CC(SC(C)(C)CC(=O)N(C)[C@@H](C)C(=O)C2C3CC(=O)N(C)c4cc(cc(OC)c4Cl)C/C(C)=C/C=C/[C@@H](OC)[C@@]4(O)C[C@H](OC(=O)N4)[C@@H](C)[C@@H]4O[C@]324)C1=O. The number of anilines is 1. The molecule has 88 heavy (non-hydrogen) atoms. The minimum Gasteiger partial charge on any atom is -0.495 e. The van der Waals surface area contributed by atoms with E-state index < -0.39 is 93.2 Å². The molecule has 1 aromatic rings. The number of nitrogens with one attached hydrogen (secondary N) is 4. The maximum atomic E-state index is 14.8. The van der Waals surface area contributed by atoms with Gasteiger partial charge in [-0.1, -0.05) is 69.3 Å². The highest BCUT2D eigenvalue weighted by Crippen LogP contribution is 2.71. The Kier molecular flexibility index (Phi) is 24.9. The lowest BCUT2D eigenvalue weighted by Gasteiger charge is -2.41. The van der Waals surface area contributed by atoms with E-state index in [1.807, 2.05) is 13.0 Å². The third-order valence-electron chi connectivity index (χ3n) is 16.5. The van der Waals surface area contributed by atoms with E-state index in [2.05, 4.69) is 34.4 Å². The number of carbonyl (C=O) groups is 10. The molecular weight excluding hydrogens is 1180 g/mol. The van der Waals surface area contributed by atoms with Crippen LogP contribution in [0.3, 0.4) is 0 Å². The number of methoxy groups -OCH3 is 2. The second kappa shape index (κ2) is 31.2. The second-order valence-electron chi connectivity index (χ2n) is 23.2. The maximum Gasteiger partial charge on any atom is 0.409 e. The molecule has 484 valence electrons. The van der Waals surface area contributed by atoms with Crippen molar-refractivity contribution in [2.45, 2.75) is 125 Å². The number of benzene rings is 1. The molecule has 1 aliphatic carbocycles. The number of hydrogen-bond acceptors (Lipinski definition) is 18. The Labute approximate surface area is 522 Å². The first-order valence-electron chi connectivity index (χ1n) is 29.4. The molecule has 4 heterocycles. The van der Waals surface area contributed by atoms with Gasteiger partial charge in [-0.2, -0.15) is 0 Å². The van der Waals surface area contributed by atoms with Crippen LogP contribution in [0.2, 0.25) is 5.02 Å². The van der Waals surface area contributed by atoms with Gasteiger partial charge in [-0.25, -0.2) is 4.79 Å². The molecule has 3 unspecified atom stereocenters. The fourth-order valence-electron chi connectivity index (χ4n) is 11.5. The first kappa shape index (κ1) is 70.4. The van der Waals surface area contributed by atoms with Gasteiger partial charge in [0.25, 0.3) is 0 Å². The highest BCUT2D eigenvalue weighted by Gasteiger charge is 2.84. The van der Waals surface area contributed by atoms with Crippen LogP contribution in [0.25, 0.3) is 0 Å². The van der Waals surface area contributed by atoms with Crippen LogP contribution in [0.15, 0.2) is 61.2 Å². The van der Waals surface area contributed by atoms with Crippen molar-refractivity contribution in [3.05, 3.63) is 71.8 Å². The van der Waals surface area contributed by atoms with Crippen LogP contribution >= 0.6 is 23.4 Å². The highest BCUT2D eigenvalue weighted by atomic mass is 35.5. The standard InChI is InChI=1S/C61H85ClN8O17S/c1-12-46(71)63-19-22-69(23-20-64-47(72)13-2)49(74)18-17-48(73)65-21-25-84-27-28-85-26-24-70-51(76)33-44(57(70)79)88-59(6,7)35-52(77)67(8)38(5)55(78)53-40-32-50(75)68(9)41-30-39(31-42(82-10)54(41)62)29-36(3)15-14-16-45(83-11)60(81)34-43(86-58(80)66-60)37(4)56-61(40,53)87-56/h12-16,30-31,37-38,40,43-45,53,56,81H,1-2,17-29,32-35H2,3-11H3,(H,63,71)(H,64,72)(H,65,73)(H,66,80)/b16-14+,36-15+/t37-,38+,40?,43+,44?,45-,53?,56+,60+,61-/m1/s1. The number of imide groups is 1. The average molecular weight is 1270 g/mol. The molecular formula is C61H85ClN8O17S. The molecule has 4 aliphatic heterocycles. The van der Waals surface area contributed by atoms with E-state index in [1.54, 1.807) is 59.0 Å². The molecule has 1 spiro atoms. The molecule has 1 saturated carbocycles. The number of aliphatic hydroxyl groups is 1. The number of fused-ring (bicyclic) bond motifs is 4. The number of ether oxygens (including phenoxy) is 6. The lowest BCUT2D eigenvalue weighted by Crippen LogP contribution is -2.63. The van der Waals surface area contributed by atoms with E-state index in [-0.39, 0.29) is 139 Å². The van der Waals surface area contributed by atoms with Crippen molar-refractivity contribution in [3.63, 3.8) is 0 Å². The Hall–Kier alpha value is -6.68. The first-order chi connectivity index (χ1) is 41.6. The quantitative estimate of drug-likeness (QED) is 0.0333. The molecule has 6 rings (SSSR count). The Balaban J connectivity index is 0.983.